The molecule has 1 unspecified atom stereocenters. The van der Waals surface area contributed by atoms with Gasteiger partial charge in [-0.3, -0.25) is 0 Å². The van der Waals surface area contributed by atoms with Crippen LogP contribution >= 0.6 is 11.8 Å². The second kappa shape index (κ2) is 7.20. The topological polar surface area (TPSA) is 12.0 Å². The molecule has 1 saturated carbocycles. The van der Waals surface area contributed by atoms with Crippen LogP contribution < -0.4 is 5.32 Å². The maximum Gasteiger partial charge on any atom is 0.0545 e. The van der Waals surface area contributed by atoms with Gasteiger partial charge in [-0.05, 0) is 25.2 Å². The van der Waals surface area contributed by atoms with E-state index < -0.39 is 0 Å². The average Bonchev–Trinajstić information content (AvgIpc) is 2.99. The van der Waals surface area contributed by atoms with Crippen molar-refractivity contribution in [1.82, 2.24) is 5.32 Å². The van der Waals surface area contributed by atoms with Crippen LogP contribution in [0.15, 0.2) is 0 Å². The first-order valence-corrected chi connectivity index (χ1v) is 6.78. The van der Waals surface area contributed by atoms with Gasteiger partial charge >= 0.3 is 0 Å². The van der Waals surface area contributed by atoms with Gasteiger partial charge in [0.2, 0.25) is 0 Å². The summed E-state index contributed by atoms with van der Waals surface area (Å²) < 4.78 is 0. The first-order valence-electron chi connectivity index (χ1n) is 5.63. The Kier molecular flexibility index (Phi) is 6.14. The zero-order valence-corrected chi connectivity index (χ0v) is 9.91. The van der Waals surface area contributed by atoms with E-state index in [1.54, 1.807) is 0 Å². The second-order valence-electron chi connectivity index (χ2n) is 3.94. The van der Waals surface area contributed by atoms with Crippen molar-refractivity contribution in [1.29, 1.82) is 0 Å². The highest BCUT2D eigenvalue weighted by molar-refractivity contribution is 7.99. The Morgan fingerprint density at radius 3 is 2.93 bits per heavy atom. The molecule has 1 aliphatic rings. The summed E-state index contributed by atoms with van der Waals surface area (Å²) in [6.45, 7) is 3.39. The van der Waals surface area contributed by atoms with Crippen LogP contribution in [0.25, 0.3) is 0 Å². The van der Waals surface area contributed by atoms with Gasteiger partial charge in [-0.25, -0.2) is 0 Å². The third-order valence-corrected chi connectivity index (χ3v) is 3.49. The van der Waals surface area contributed by atoms with Gasteiger partial charge in [0.25, 0.3) is 0 Å². The Bertz CT molecular complexity index is 181. The van der Waals surface area contributed by atoms with Crippen LogP contribution in [-0.4, -0.2) is 24.1 Å². The zero-order valence-electron chi connectivity index (χ0n) is 9.09. The molecule has 1 atom stereocenters. The summed E-state index contributed by atoms with van der Waals surface area (Å²) in [7, 11) is 0. The fourth-order valence-corrected chi connectivity index (χ4v) is 2.29. The third kappa shape index (κ3) is 4.93. The van der Waals surface area contributed by atoms with Crippen molar-refractivity contribution >= 4 is 11.8 Å². The van der Waals surface area contributed by atoms with Crippen LogP contribution in [0.3, 0.4) is 0 Å². The summed E-state index contributed by atoms with van der Waals surface area (Å²) in [5.41, 5.74) is 0. The smallest absolute Gasteiger partial charge is 0.0545 e. The summed E-state index contributed by atoms with van der Waals surface area (Å²) >= 11 is 1.85. The van der Waals surface area contributed by atoms with E-state index in [4.69, 9.17) is 6.42 Å². The number of rotatable bonds is 8. The fraction of sp³-hybridized carbons (Fsp3) is 0.833. The van der Waals surface area contributed by atoms with E-state index >= 15 is 0 Å². The van der Waals surface area contributed by atoms with Crippen LogP contribution in [0, 0.1) is 18.3 Å². The molecule has 1 fully saturated rings. The van der Waals surface area contributed by atoms with Crippen LogP contribution in [-0.2, 0) is 0 Å². The minimum Gasteiger partial charge on any atom is -0.313 e. The first kappa shape index (κ1) is 11.9. The maximum absolute atomic E-state index is 5.19. The highest BCUT2D eigenvalue weighted by Gasteiger charge is 2.29. The lowest BCUT2D eigenvalue weighted by Gasteiger charge is -2.16. The van der Waals surface area contributed by atoms with Crippen molar-refractivity contribution in [3.63, 3.8) is 0 Å². The molecule has 0 saturated heterocycles. The molecule has 0 aromatic carbocycles. The van der Waals surface area contributed by atoms with Crippen LogP contribution in [0.4, 0.5) is 0 Å². The molecule has 1 N–H and O–H groups in total. The van der Waals surface area contributed by atoms with Crippen LogP contribution in [0.2, 0.25) is 0 Å². The lowest BCUT2D eigenvalue weighted by Crippen LogP contribution is -2.32. The van der Waals surface area contributed by atoms with Gasteiger partial charge in [-0.2, -0.15) is 0 Å². The van der Waals surface area contributed by atoms with Crippen molar-refractivity contribution in [2.75, 3.05) is 18.1 Å². The van der Waals surface area contributed by atoms with Crippen LogP contribution in [0.5, 0.6) is 0 Å². The Morgan fingerprint density at radius 1 is 1.57 bits per heavy atom. The average molecular weight is 211 g/mol. The molecule has 0 radical (unpaired) electrons. The van der Waals surface area contributed by atoms with Crippen molar-refractivity contribution in [2.45, 2.75) is 38.6 Å². The molecule has 0 amide bonds. The molecule has 0 heterocycles. The van der Waals surface area contributed by atoms with Gasteiger partial charge in [-0.1, -0.05) is 19.3 Å². The summed E-state index contributed by atoms with van der Waals surface area (Å²) in [5, 5.41) is 3.65. The Labute approximate surface area is 92.4 Å². The maximum atomic E-state index is 5.19. The van der Waals surface area contributed by atoms with Gasteiger partial charge in [-0.15, -0.1) is 18.2 Å². The SMILES string of the molecule is C#CCSCCNC(CCC)C1CC1. The molecule has 1 nitrogen and oxygen atoms in total. The van der Waals surface area contributed by atoms with Crippen molar-refractivity contribution < 1.29 is 0 Å². The minimum atomic E-state index is 0.784. The quantitative estimate of drug-likeness (QED) is 0.489. The van der Waals surface area contributed by atoms with Crippen molar-refractivity contribution in [3.05, 3.63) is 0 Å². The zero-order chi connectivity index (χ0) is 10.2. The van der Waals surface area contributed by atoms with E-state index in [1.807, 2.05) is 11.8 Å². The molecule has 14 heavy (non-hydrogen) atoms. The second-order valence-corrected chi connectivity index (χ2v) is 5.05. The molecule has 0 aromatic heterocycles. The Morgan fingerprint density at radius 2 is 2.36 bits per heavy atom. The highest BCUT2D eigenvalue weighted by atomic mass is 32.2. The van der Waals surface area contributed by atoms with E-state index in [0.717, 1.165) is 30.0 Å². The van der Waals surface area contributed by atoms with E-state index in [2.05, 4.69) is 18.2 Å². The Hall–Kier alpha value is -0.130. The molecule has 1 aliphatic carbocycles. The molecule has 0 spiro atoms. The highest BCUT2D eigenvalue weighted by Crippen LogP contribution is 2.34. The third-order valence-electron chi connectivity index (χ3n) is 2.63. The minimum absolute atomic E-state index is 0.784. The standard InChI is InChI=1S/C12H21NS/c1-3-5-12(11-6-7-11)13-8-10-14-9-4-2/h2,11-13H,3,5-10H2,1H3. The largest absolute Gasteiger partial charge is 0.313 e. The molecule has 2 heteroatoms. The van der Waals surface area contributed by atoms with E-state index in [9.17, 15) is 0 Å². The number of thioether (sulfide) groups is 1. The number of hydrogen-bond acceptors (Lipinski definition) is 2. The van der Waals surface area contributed by atoms with Gasteiger partial charge in [0.05, 0.1) is 5.75 Å². The predicted octanol–water partition coefficient (Wildman–Crippen LogP) is 2.52. The molecule has 0 aromatic rings. The summed E-state index contributed by atoms with van der Waals surface area (Å²) in [6.07, 6.45) is 10.7. The molecule has 0 aliphatic heterocycles. The summed E-state index contributed by atoms with van der Waals surface area (Å²) in [5.74, 6) is 5.63. The molecular weight excluding hydrogens is 190 g/mol. The van der Waals surface area contributed by atoms with Crippen molar-refractivity contribution in [3.8, 4) is 12.3 Å². The van der Waals surface area contributed by atoms with E-state index in [1.165, 1.54) is 25.7 Å². The number of hydrogen-bond donors (Lipinski definition) is 1. The summed E-state index contributed by atoms with van der Waals surface area (Å²) in [6, 6.07) is 0.784. The lowest BCUT2D eigenvalue weighted by atomic mass is 10.1. The number of terminal acetylenes is 1. The van der Waals surface area contributed by atoms with Gasteiger partial charge in [0.15, 0.2) is 0 Å². The fourth-order valence-electron chi connectivity index (χ4n) is 1.76. The number of nitrogens with one attached hydrogen (secondary N) is 1. The lowest BCUT2D eigenvalue weighted by molar-refractivity contribution is 0.443. The van der Waals surface area contributed by atoms with Gasteiger partial charge in [0.1, 0.15) is 0 Å². The van der Waals surface area contributed by atoms with E-state index in [-0.39, 0.29) is 0 Å². The summed E-state index contributed by atoms with van der Waals surface area (Å²) in [4.78, 5) is 0. The molecule has 0 bridgehead atoms. The first-order chi connectivity index (χ1) is 6.88. The normalized spacial score (nSPS) is 17.7. The molecule has 1 rings (SSSR count). The van der Waals surface area contributed by atoms with Gasteiger partial charge in [0, 0.05) is 18.3 Å². The van der Waals surface area contributed by atoms with Crippen molar-refractivity contribution in [2.24, 2.45) is 5.92 Å². The monoisotopic (exact) mass is 211 g/mol. The van der Waals surface area contributed by atoms with Gasteiger partial charge < -0.3 is 5.32 Å². The van der Waals surface area contributed by atoms with E-state index in [0.29, 0.717) is 0 Å². The molecular formula is C12H21NS. The van der Waals surface area contributed by atoms with Crippen LogP contribution in [0.1, 0.15) is 32.6 Å². The Balaban J connectivity index is 1.99. The predicted molar refractivity (Wildman–Crippen MR) is 65.6 cm³/mol. The molecule has 80 valence electrons.